The number of rotatable bonds is 8. The largest absolute Gasteiger partial charge is 0.344 e. The second-order valence-electron chi connectivity index (χ2n) is 10.0. The van der Waals surface area contributed by atoms with E-state index in [0.717, 1.165) is 34.0 Å². The van der Waals surface area contributed by atoms with Crippen LogP contribution in [0.25, 0.3) is 10.9 Å². The summed E-state index contributed by atoms with van der Waals surface area (Å²) < 4.78 is 40.3. The van der Waals surface area contributed by atoms with E-state index in [-0.39, 0.29) is 29.5 Å². The lowest BCUT2D eigenvalue weighted by Crippen LogP contribution is -2.52. The number of amides is 2. The number of carbonyl (C=O) groups is 3. The average molecular weight is 555 g/mol. The Morgan fingerprint density at radius 1 is 1.08 bits per heavy atom. The number of carbonyl (C=O) groups excluding carboxylic acids is 3. The molecule has 39 heavy (non-hydrogen) atoms. The summed E-state index contributed by atoms with van der Waals surface area (Å²) in [7, 11) is -4.01. The van der Waals surface area contributed by atoms with E-state index in [1.165, 1.54) is 0 Å². The van der Waals surface area contributed by atoms with E-state index in [1.54, 1.807) is 18.2 Å². The van der Waals surface area contributed by atoms with Crippen LogP contribution in [0.5, 0.6) is 0 Å². The molecule has 0 unspecified atom stereocenters. The van der Waals surface area contributed by atoms with E-state index in [0.29, 0.717) is 18.4 Å². The van der Waals surface area contributed by atoms with Gasteiger partial charge < -0.3 is 10.6 Å². The van der Waals surface area contributed by atoms with Crippen LogP contribution >= 0.6 is 0 Å². The van der Waals surface area contributed by atoms with E-state index in [1.807, 2.05) is 32.0 Å². The van der Waals surface area contributed by atoms with Crippen LogP contribution in [0.1, 0.15) is 43.6 Å². The molecule has 206 valence electrons. The average Bonchev–Trinajstić information content (AvgIpc) is 3.09. The number of fused-ring (bicyclic) bond motifs is 1. The monoisotopic (exact) mass is 554 g/mol. The molecule has 4 rings (SSSR count). The Bertz CT molecular complexity index is 1480. The second-order valence-corrected chi connectivity index (χ2v) is 11.9. The van der Waals surface area contributed by atoms with Gasteiger partial charge in [0, 0.05) is 11.9 Å². The van der Waals surface area contributed by atoms with Crippen LogP contribution in [0.2, 0.25) is 0 Å². The van der Waals surface area contributed by atoms with E-state index < -0.39 is 52.1 Å². The zero-order valence-electron chi connectivity index (χ0n) is 21.8. The Labute approximate surface area is 226 Å². The summed E-state index contributed by atoms with van der Waals surface area (Å²) in [5.74, 6) is -2.00. The van der Waals surface area contributed by atoms with Crippen LogP contribution in [-0.4, -0.2) is 60.5 Å². The van der Waals surface area contributed by atoms with E-state index in [2.05, 4.69) is 15.6 Å². The zero-order chi connectivity index (χ0) is 28.2. The number of halogens is 1. The van der Waals surface area contributed by atoms with Crippen molar-refractivity contribution in [2.24, 2.45) is 5.92 Å². The van der Waals surface area contributed by atoms with Crippen molar-refractivity contribution in [2.75, 3.05) is 13.1 Å². The van der Waals surface area contributed by atoms with Crippen molar-refractivity contribution >= 4 is 38.5 Å². The highest BCUT2D eigenvalue weighted by Gasteiger charge is 2.34. The van der Waals surface area contributed by atoms with Crippen molar-refractivity contribution in [3.8, 4) is 0 Å². The minimum absolute atomic E-state index is 0.0618. The third kappa shape index (κ3) is 6.85. The van der Waals surface area contributed by atoms with Gasteiger partial charge in [-0.05, 0) is 61.6 Å². The highest BCUT2D eigenvalue weighted by molar-refractivity contribution is 7.89. The smallest absolute Gasteiger partial charge is 0.270 e. The van der Waals surface area contributed by atoms with Crippen LogP contribution in [0, 0.1) is 11.7 Å². The molecule has 0 radical (unpaired) electrons. The number of sulfonamides is 1. The number of ketones is 1. The standard InChI is InChI=1S/C28H31FN4O5S/c1-18(2)16-25(32-27(35)24-14-9-19-6-3-4-7-22(19)30-24)28(36)31-23-8-5-15-33(17-26(23)34)39(37,38)21-12-10-20(29)11-13-21/h3-4,6-7,9-14,18,23,25H,5,8,15-17H2,1-2H3,(H,31,36)(H,32,35)/t23-,25-/m0/s1. The number of pyridine rings is 1. The van der Waals surface area contributed by atoms with Gasteiger partial charge in [-0.1, -0.05) is 38.1 Å². The predicted octanol–water partition coefficient (Wildman–Crippen LogP) is 3.06. The Hall–Kier alpha value is -3.70. The molecular weight excluding hydrogens is 523 g/mol. The first-order valence-electron chi connectivity index (χ1n) is 12.8. The maximum Gasteiger partial charge on any atom is 0.270 e. The molecule has 3 aromatic rings. The van der Waals surface area contributed by atoms with Crippen LogP contribution < -0.4 is 10.6 Å². The van der Waals surface area contributed by atoms with Crippen LogP contribution in [-0.2, 0) is 19.6 Å². The van der Waals surface area contributed by atoms with Crippen molar-refractivity contribution in [3.05, 3.63) is 72.2 Å². The number of benzene rings is 2. The third-order valence-electron chi connectivity index (χ3n) is 6.55. The molecule has 9 nitrogen and oxygen atoms in total. The molecule has 1 saturated heterocycles. The van der Waals surface area contributed by atoms with E-state index >= 15 is 0 Å². The van der Waals surface area contributed by atoms with Gasteiger partial charge >= 0.3 is 0 Å². The maximum atomic E-state index is 13.3. The second kappa shape index (κ2) is 12.0. The van der Waals surface area contributed by atoms with Crippen molar-refractivity contribution in [1.82, 2.24) is 19.9 Å². The summed E-state index contributed by atoms with van der Waals surface area (Å²) in [6.07, 6.45) is 0.908. The molecule has 1 fully saturated rings. The molecule has 1 aromatic heterocycles. The van der Waals surface area contributed by atoms with E-state index in [9.17, 15) is 27.2 Å². The van der Waals surface area contributed by atoms with Crippen molar-refractivity contribution in [2.45, 2.75) is 50.1 Å². The van der Waals surface area contributed by atoms with Gasteiger partial charge in [0.25, 0.3) is 5.91 Å². The van der Waals surface area contributed by atoms with Gasteiger partial charge in [0.1, 0.15) is 17.6 Å². The molecule has 1 aliphatic heterocycles. The lowest BCUT2D eigenvalue weighted by molar-refractivity contribution is -0.129. The summed E-state index contributed by atoms with van der Waals surface area (Å²) >= 11 is 0. The number of nitrogens with one attached hydrogen (secondary N) is 2. The normalized spacial score (nSPS) is 17.5. The highest BCUT2D eigenvalue weighted by atomic mass is 32.2. The number of nitrogens with zero attached hydrogens (tertiary/aromatic N) is 2. The summed E-state index contributed by atoms with van der Waals surface area (Å²) in [6, 6.07) is 13.3. The molecule has 0 saturated carbocycles. The van der Waals surface area contributed by atoms with Gasteiger partial charge in [0.05, 0.1) is 23.0 Å². The molecular formula is C28H31FN4O5S. The Morgan fingerprint density at radius 2 is 1.79 bits per heavy atom. The minimum atomic E-state index is -4.01. The zero-order valence-corrected chi connectivity index (χ0v) is 22.6. The summed E-state index contributed by atoms with van der Waals surface area (Å²) in [6.45, 7) is 3.48. The highest BCUT2D eigenvalue weighted by Crippen LogP contribution is 2.20. The molecule has 2 heterocycles. The van der Waals surface area contributed by atoms with Gasteiger partial charge in [-0.3, -0.25) is 14.4 Å². The van der Waals surface area contributed by atoms with Gasteiger partial charge in [-0.15, -0.1) is 0 Å². The molecule has 2 atom stereocenters. The van der Waals surface area contributed by atoms with Gasteiger partial charge in [-0.25, -0.2) is 17.8 Å². The minimum Gasteiger partial charge on any atom is -0.344 e. The summed E-state index contributed by atoms with van der Waals surface area (Å²) in [5, 5.41) is 6.35. The molecule has 1 aliphatic rings. The summed E-state index contributed by atoms with van der Waals surface area (Å²) in [4.78, 5) is 43.5. The quantitative estimate of drug-likeness (QED) is 0.441. The van der Waals surface area contributed by atoms with Gasteiger partial charge in [0.2, 0.25) is 15.9 Å². The molecule has 2 amide bonds. The number of hydrogen-bond donors (Lipinski definition) is 2. The fraction of sp³-hybridized carbons (Fsp3) is 0.357. The van der Waals surface area contributed by atoms with Crippen molar-refractivity contribution < 1.29 is 27.2 Å². The van der Waals surface area contributed by atoms with Crippen LogP contribution in [0.3, 0.4) is 0 Å². The Kier molecular flexibility index (Phi) is 8.71. The van der Waals surface area contributed by atoms with Gasteiger partial charge in [-0.2, -0.15) is 4.31 Å². The Morgan fingerprint density at radius 3 is 2.51 bits per heavy atom. The topological polar surface area (TPSA) is 126 Å². The van der Waals surface area contributed by atoms with Crippen molar-refractivity contribution in [1.29, 1.82) is 0 Å². The van der Waals surface area contributed by atoms with Crippen LogP contribution in [0.4, 0.5) is 4.39 Å². The van der Waals surface area contributed by atoms with Gasteiger partial charge in [0.15, 0.2) is 5.78 Å². The molecule has 0 spiro atoms. The fourth-order valence-corrected chi connectivity index (χ4v) is 5.95. The molecule has 0 bridgehead atoms. The molecule has 11 heteroatoms. The number of para-hydroxylation sites is 1. The number of Topliss-reactive ketones (excluding diaryl/α,β-unsaturated/α-hetero) is 1. The maximum absolute atomic E-state index is 13.3. The first kappa shape index (κ1) is 28.3. The third-order valence-corrected chi connectivity index (χ3v) is 8.41. The lowest BCUT2D eigenvalue weighted by Gasteiger charge is -2.23. The predicted molar refractivity (Wildman–Crippen MR) is 144 cm³/mol. The number of aromatic nitrogens is 1. The fourth-order valence-electron chi connectivity index (χ4n) is 4.51. The SMILES string of the molecule is CC(C)C[C@H](NC(=O)c1ccc2ccccc2n1)C(=O)N[C@H]1CCCN(S(=O)(=O)c2ccc(F)cc2)CC1=O. The van der Waals surface area contributed by atoms with E-state index in [4.69, 9.17) is 0 Å². The molecule has 2 aromatic carbocycles. The first-order chi connectivity index (χ1) is 18.5. The summed E-state index contributed by atoms with van der Waals surface area (Å²) in [5.41, 5.74) is 0.821. The van der Waals surface area contributed by atoms with Crippen LogP contribution in [0.15, 0.2) is 65.6 Å². The Balaban J connectivity index is 1.44. The number of hydrogen-bond acceptors (Lipinski definition) is 6. The van der Waals surface area contributed by atoms with Crippen molar-refractivity contribution in [3.63, 3.8) is 0 Å². The lowest BCUT2D eigenvalue weighted by atomic mass is 10.0. The molecule has 2 N–H and O–H groups in total. The first-order valence-corrected chi connectivity index (χ1v) is 14.2. The molecule has 0 aliphatic carbocycles.